The van der Waals surface area contributed by atoms with E-state index in [2.05, 4.69) is 20.5 Å². The second-order valence-corrected chi connectivity index (χ2v) is 3.81. The Bertz CT molecular complexity index is 435. The van der Waals surface area contributed by atoms with Crippen LogP contribution in [0.1, 0.15) is 25.3 Å². The van der Waals surface area contributed by atoms with Crippen LogP contribution in [0.4, 0.5) is 6.01 Å². The third-order valence-corrected chi connectivity index (χ3v) is 2.26. The Kier molecular flexibility index (Phi) is 3.71. The smallest absolute Gasteiger partial charge is 0.315 e. The maximum Gasteiger partial charge on any atom is 0.315 e. The summed E-state index contributed by atoms with van der Waals surface area (Å²) in [7, 11) is 0. The summed E-state index contributed by atoms with van der Waals surface area (Å²) in [6.07, 6.45) is 6.44. The van der Waals surface area contributed by atoms with Crippen LogP contribution in [0.25, 0.3) is 0 Å². The van der Waals surface area contributed by atoms with E-state index in [1.807, 2.05) is 10.8 Å². The molecule has 0 aliphatic heterocycles. The third-order valence-electron chi connectivity index (χ3n) is 2.26. The number of aryl methyl sites for hydroxylation is 1. The maximum absolute atomic E-state index is 5.61. The summed E-state index contributed by atoms with van der Waals surface area (Å²) in [5, 5.41) is 10.7. The Hall–Kier alpha value is -1.89. The maximum atomic E-state index is 5.61. The van der Waals surface area contributed by atoms with Crippen LogP contribution in [-0.2, 0) is 6.54 Å². The molecule has 17 heavy (non-hydrogen) atoms. The number of hydrogen-bond acceptors (Lipinski definition) is 6. The van der Waals surface area contributed by atoms with Crippen molar-refractivity contribution in [1.82, 2.24) is 19.7 Å². The molecule has 0 amide bonds. The van der Waals surface area contributed by atoms with E-state index in [9.17, 15) is 0 Å². The molecule has 0 spiro atoms. The molecule has 0 saturated carbocycles. The number of nitrogens with zero attached hydrogens (tertiary/aromatic N) is 4. The lowest BCUT2D eigenvalue weighted by Gasteiger charge is -2.02. The normalized spacial score (nSPS) is 12.6. The molecule has 2 aromatic rings. The topological polar surface area (TPSA) is 94.8 Å². The predicted molar refractivity (Wildman–Crippen MR) is 62.2 cm³/mol. The van der Waals surface area contributed by atoms with Gasteiger partial charge < -0.3 is 20.0 Å². The average molecular weight is 236 g/mol. The first-order chi connectivity index (χ1) is 8.25. The number of imidazole rings is 1. The van der Waals surface area contributed by atoms with Gasteiger partial charge in [-0.05, 0) is 13.3 Å². The highest BCUT2D eigenvalue weighted by Gasteiger charge is 2.08. The molecule has 1 atom stereocenters. The van der Waals surface area contributed by atoms with Crippen molar-refractivity contribution in [3.63, 3.8) is 0 Å². The van der Waals surface area contributed by atoms with Crippen molar-refractivity contribution in [3.8, 4) is 0 Å². The fourth-order valence-electron chi connectivity index (χ4n) is 1.37. The van der Waals surface area contributed by atoms with Crippen LogP contribution in [0.5, 0.6) is 0 Å². The number of nitrogens with one attached hydrogen (secondary N) is 1. The molecular weight excluding hydrogens is 220 g/mol. The number of nitrogens with two attached hydrogens (primary N) is 1. The first kappa shape index (κ1) is 11.6. The van der Waals surface area contributed by atoms with E-state index in [1.54, 1.807) is 19.4 Å². The van der Waals surface area contributed by atoms with Crippen molar-refractivity contribution in [2.24, 2.45) is 5.73 Å². The molecule has 0 aliphatic rings. The SMILES string of the molecule is CC(N)c1nnc(NCCCn2ccnc2)o1. The molecule has 7 heteroatoms. The van der Waals surface area contributed by atoms with Crippen molar-refractivity contribution >= 4 is 6.01 Å². The van der Waals surface area contributed by atoms with Gasteiger partial charge in [0.05, 0.1) is 12.4 Å². The number of anilines is 1. The van der Waals surface area contributed by atoms with E-state index in [0.29, 0.717) is 11.9 Å². The number of aromatic nitrogens is 4. The van der Waals surface area contributed by atoms with E-state index in [0.717, 1.165) is 19.5 Å². The molecule has 0 aliphatic carbocycles. The van der Waals surface area contributed by atoms with Gasteiger partial charge in [-0.25, -0.2) is 4.98 Å². The standard InChI is InChI=1S/C10H16N6O/c1-8(11)9-14-15-10(17-9)13-3-2-5-16-6-4-12-7-16/h4,6-8H,2-3,5,11H2,1H3,(H,13,15). The molecule has 2 heterocycles. The number of hydrogen-bond donors (Lipinski definition) is 2. The van der Waals surface area contributed by atoms with Crippen LogP contribution < -0.4 is 11.1 Å². The zero-order valence-corrected chi connectivity index (χ0v) is 9.71. The molecule has 0 radical (unpaired) electrons. The second kappa shape index (κ2) is 5.44. The summed E-state index contributed by atoms with van der Waals surface area (Å²) in [5.41, 5.74) is 5.61. The highest BCUT2D eigenvalue weighted by atomic mass is 16.4. The largest absolute Gasteiger partial charge is 0.406 e. The lowest BCUT2D eigenvalue weighted by molar-refractivity contribution is 0.472. The van der Waals surface area contributed by atoms with Crippen molar-refractivity contribution in [1.29, 1.82) is 0 Å². The molecule has 92 valence electrons. The highest BCUT2D eigenvalue weighted by Crippen LogP contribution is 2.10. The quantitative estimate of drug-likeness (QED) is 0.720. The Balaban J connectivity index is 1.71. The van der Waals surface area contributed by atoms with Gasteiger partial charge in [0.2, 0.25) is 5.89 Å². The molecule has 1 unspecified atom stereocenters. The van der Waals surface area contributed by atoms with Crippen molar-refractivity contribution in [2.45, 2.75) is 25.9 Å². The highest BCUT2D eigenvalue weighted by molar-refractivity contribution is 5.16. The molecule has 3 N–H and O–H groups in total. The third kappa shape index (κ3) is 3.28. The van der Waals surface area contributed by atoms with Crippen molar-refractivity contribution in [2.75, 3.05) is 11.9 Å². The van der Waals surface area contributed by atoms with Crippen LogP contribution in [0.2, 0.25) is 0 Å². The molecule has 0 bridgehead atoms. The fourth-order valence-corrected chi connectivity index (χ4v) is 1.37. The van der Waals surface area contributed by atoms with E-state index in [-0.39, 0.29) is 6.04 Å². The van der Waals surface area contributed by atoms with Gasteiger partial charge >= 0.3 is 6.01 Å². The molecule has 0 saturated heterocycles. The minimum absolute atomic E-state index is 0.232. The van der Waals surface area contributed by atoms with E-state index in [4.69, 9.17) is 10.2 Å². The summed E-state index contributed by atoms with van der Waals surface area (Å²) in [4.78, 5) is 3.97. The van der Waals surface area contributed by atoms with Gasteiger partial charge in [0, 0.05) is 25.5 Å². The Labute approximate surface area is 99.0 Å². The Morgan fingerprint density at radius 2 is 2.41 bits per heavy atom. The van der Waals surface area contributed by atoms with E-state index in [1.165, 1.54) is 0 Å². The van der Waals surface area contributed by atoms with Crippen LogP contribution in [0.15, 0.2) is 23.1 Å². The average Bonchev–Trinajstić information content (AvgIpc) is 2.96. The van der Waals surface area contributed by atoms with Crippen LogP contribution >= 0.6 is 0 Å². The van der Waals surface area contributed by atoms with Crippen LogP contribution in [-0.4, -0.2) is 26.3 Å². The predicted octanol–water partition coefficient (Wildman–Crippen LogP) is 0.788. The van der Waals surface area contributed by atoms with E-state index >= 15 is 0 Å². The van der Waals surface area contributed by atoms with Gasteiger partial charge in [-0.3, -0.25) is 0 Å². The zero-order chi connectivity index (χ0) is 12.1. The first-order valence-electron chi connectivity index (χ1n) is 5.54. The van der Waals surface area contributed by atoms with Crippen molar-refractivity contribution < 1.29 is 4.42 Å². The second-order valence-electron chi connectivity index (χ2n) is 3.81. The Morgan fingerprint density at radius 1 is 1.53 bits per heavy atom. The van der Waals surface area contributed by atoms with Gasteiger partial charge in [0.25, 0.3) is 0 Å². The molecular formula is C10H16N6O. The Morgan fingerprint density at radius 3 is 3.06 bits per heavy atom. The van der Waals surface area contributed by atoms with Crippen molar-refractivity contribution in [3.05, 3.63) is 24.6 Å². The van der Waals surface area contributed by atoms with Gasteiger partial charge in [0.15, 0.2) is 0 Å². The van der Waals surface area contributed by atoms with Gasteiger partial charge in [-0.2, -0.15) is 0 Å². The summed E-state index contributed by atoms with van der Waals surface area (Å²) in [5.74, 6) is 0.446. The molecule has 2 rings (SSSR count). The minimum atomic E-state index is -0.232. The minimum Gasteiger partial charge on any atom is -0.406 e. The number of rotatable bonds is 6. The zero-order valence-electron chi connectivity index (χ0n) is 9.71. The van der Waals surface area contributed by atoms with Crippen LogP contribution in [0, 0.1) is 0 Å². The summed E-state index contributed by atoms with van der Waals surface area (Å²) in [6, 6.07) is 0.187. The lowest BCUT2D eigenvalue weighted by atomic mass is 10.4. The molecule has 0 fully saturated rings. The van der Waals surface area contributed by atoms with E-state index < -0.39 is 0 Å². The summed E-state index contributed by atoms with van der Waals surface area (Å²) >= 11 is 0. The lowest BCUT2D eigenvalue weighted by Crippen LogP contribution is -2.06. The fraction of sp³-hybridized carbons (Fsp3) is 0.500. The first-order valence-corrected chi connectivity index (χ1v) is 5.54. The van der Waals surface area contributed by atoms with Gasteiger partial charge in [-0.15, -0.1) is 5.10 Å². The summed E-state index contributed by atoms with van der Waals surface area (Å²) < 4.78 is 7.32. The summed E-state index contributed by atoms with van der Waals surface area (Å²) in [6.45, 7) is 3.47. The van der Waals surface area contributed by atoms with Gasteiger partial charge in [-0.1, -0.05) is 5.10 Å². The van der Waals surface area contributed by atoms with Crippen LogP contribution in [0.3, 0.4) is 0 Å². The van der Waals surface area contributed by atoms with Gasteiger partial charge in [0.1, 0.15) is 0 Å². The monoisotopic (exact) mass is 236 g/mol. The molecule has 2 aromatic heterocycles. The molecule has 7 nitrogen and oxygen atoms in total. The molecule has 0 aromatic carbocycles.